The Bertz CT molecular complexity index is 3580. The van der Waals surface area contributed by atoms with Gasteiger partial charge in [0.05, 0.1) is 40.1 Å². The monoisotopic (exact) mass is 1160 g/mol. The van der Waals surface area contributed by atoms with Crippen molar-refractivity contribution >= 4 is 73.7 Å². The molecule has 0 radical (unpaired) electrons. The molecular weight excluding hydrogens is 1130 g/mol. The number of hydrogen-bond donors (Lipinski definition) is 5. The van der Waals surface area contributed by atoms with Gasteiger partial charge in [-0.1, -0.05) is 23.6 Å². The molecule has 33 heteroatoms. The van der Waals surface area contributed by atoms with Gasteiger partial charge >= 0.3 is 31.9 Å². The third kappa shape index (κ3) is 12.0. The van der Waals surface area contributed by atoms with Crippen LogP contribution in [-0.4, -0.2) is 110 Å². The van der Waals surface area contributed by atoms with E-state index in [4.69, 9.17) is 11.6 Å². The van der Waals surface area contributed by atoms with E-state index in [-0.39, 0.29) is 25.7 Å². The topological polar surface area (TPSA) is 273 Å². The van der Waals surface area contributed by atoms with E-state index in [0.717, 1.165) is 42.7 Å². The first-order chi connectivity index (χ1) is 34.7. The Morgan fingerprint density at radius 2 is 1.57 bits per heavy atom. The van der Waals surface area contributed by atoms with Crippen molar-refractivity contribution in [2.75, 3.05) is 23.0 Å². The molecule has 2 unspecified atom stereocenters. The number of amides is 3. The zero-order chi connectivity index (χ0) is 56.8. The second-order valence-corrected chi connectivity index (χ2v) is 24.7. The Kier molecular flexibility index (Phi) is 14.8. The first-order valence-electron chi connectivity index (χ1n) is 21.6. The van der Waals surface area contributed by atoms with E-state index < -0.39 is 191 Å². The number of pyridine rings is 1. The zero-order valence-corrected chi connectivity index (χ0v) is 42.4. The standard InChI is InChI=1S/C43H38ClF10N8O11PS2/c1-40(2,75(3,70)71)10-9-22-5-6-23(24-7-8-27(44)32-34(24)61(18-41(47,48)49)59-37(32)62(76(4,72)73)39(66)57-29(38(64)65)17-74(67,68)69)33(55-22)28(13-19-11-20(45)14-21(46)12-19)56-30(63)16-60-36-31(35(58-60)43(52,53)54)25-15-26(25)42(36,50)51/h5-8,11-12,14,25-26,28-29H,13,15-18H2,1-4H3,(H,56,63)(H,57,66)(H,64,65)(H2,67,68,69)/t25?,26-,28+,29?/m1/s1. The lowest BCUT2D eigenvalue weighted by Gasteiger charge is -2.23. The molecule has 0 bridgehead atoms. The lowest BCUT2D eigenvalue weighted by molar-refractivity contribution is -0.143. The molecule has 3 aromatic heterocycles. The molecular formula is C43H38ClF10N8O11PS2. The summed E-state index contributed by atoms with van der Waals surface area (Å²) in [4.78, 5) is 63.2. The Hall–Kier alpha value is -6.32. The van der Waals surface area contributed by atoms with Gasteiger partial charge in [-0.05, 0) is 74.4 Å². The minimum absolute atomic E-state index is 0.0740. The molecule has 5 N–H and O–H groups in total. The molecule has 1 fully saturated rings. The first kappa shape index (κ1) is 57.4. The van der Waals surface area contributed by atoms with Gasteiger partial charge in [0.1, 0.15) is 46.9 Å². The molecule has 0 spiro atoms. The Labute approximate surface area is 427 Å². The highest BCUT2D eigenvalue weighted by Gasteiger charge is 2.68. The first-order valence-corrected chi connectivity index (χ1v) is 27.5. The molecule has 2 aliphatic rings. The molecule has 4 atom stereocenters. The SMILES string of the molecule is CC(C)(C#Cc1ccc(-c2ccc(Cl)c3c(N(C(=O)NC(CP(=O)(O)O)C(=O)O)S(C)(=O)=O)nn(CC(F)(F)F)c23)c([C@H](Cc2cc(F)cc(F)c2)NC(=O)Cn2nc(C(F)(F)F)c3c2C(F)(F)[C@@H]2CC32)n1)S(C)(=O)=O. The van der Waals surface area contributed by atoms with E-state index in [1.165, 1.54) is 13.8 Å². The van der Waals surface area contributed by atoms with Gasteiger partial charge in [0.25, 0.3) is 5.92 Å². The van der Waals surface area contributed by atoms with E-state index in [0.29, 0.717) is 12.3 Å². The molecule has 3 heterocycles. The number of carboxylic acids is 1. The van der Waals surface area contributed by atoms with Gasteiger partial charge in [-0.25, -0.2) is 40.2 Å². The number of urea groups is 1. The number of nitrogens with zero attached hydrogens (tertiary/aromatic N) is 6. The number of carboxylic acid groups (broad SMARTS) is 1. The van der Waals surface area contributed by atoms with Crippen LogP contribution in [0.4, 0.5) is 54.5 Å². The molecule has 3 amide bonds. The number of sulfone groups is 1. The van der Waals surface area contributed by atoms with Gasteiger partial charge < -0.3 is 25.5 Å². The minimum Gasteiger partial charge on any atom is -0.480 e. The van der Waals surface area contributed by atoms with Crippen molar-refractivity contribution in [3.8, 4) is 23.0 Å². The number of halogens is 11. The number of carbonyl (C=O) groups excluding carboxylic acids is 2. The quantitative estimate of drug-likeness (QED) is 0.0432. The number of anilines is 1. The van der Waals surface area contributed by atoms with E-state index >= 15 is 8.78 Å². The maximum absolute atomic E-state index is 15.6. The fourth-order valence-electron chi connectivity index (χ4n) is 8.43. The maximum atomic E-state index is 15.6. The van der Waals surface area contributed by atoms with E-state index in [1.807, 2.05) is 0 Å². The number of nitrogens with one attached hydrogen (secondary N) is 2. The summed E-state index contributed by atoms with van der Waals surface area (Å²) >= 11 is 6.55. The number of alkyl halides is 8. The van der Waals surface area contributed by atoms with Crippen molar-refractivity contribution < 1.29 is 94.6 Å². The molecule has 1 saturated carbocycles. The van der Waals surface area contributed by atoms with Crippen LogP contribution >= 0.6 is 19.2 Å². The second kappa shape index (κ2) is 19.6. The van der Waals surface area contributed by atoms with E-state index in [2.05, 4.69) is 32.3 Å². The molecule has 2 aliphatic carbocycles. The summed E-state index contributed by atoms with van der Waals surface area (Å²) < 4.78 is 209. The second-order valence-electron chi connectivity index (χ2n) is 18.2. The number of hydrogen-bond acceptors (Lipinski definition) is 11. The van der Waals surface area contributed by atoms with Crippen LogP contribution in [-0.2, 0) is 65.6 Å². The third-order valence-electron chi connectivity index (χ3n) is 12.0. The van der Waals surface area contributed by atoms with Crippen LogP contribution < -0.4 is 14.9 Å². The summed E-state index contributed by atoms with van der Waals surface area (Å²) in [7, 11) is -14.4. The van der Waals surface area contributed by atoms with Crippen LogP contribution in [0.5, 0.6) is 0 Å². The van der Waals surface area contributed by atoms with Gasteiger partial charge in [0.15, 0.2) is 21.3 Å². The van der Waals surface area contributed by atoms with Crippen molar-refractivity contribution in [2.24, 2.45) is 5.92 Å². The molecule has 7 rings (SSSR count). The summed E-state index contributed by atoms with van der Waals surface area (Å²) in [6.45, 7) is -1.15. The van der Waals surface area contributed by atoms with Crippen molar-refractivity contribution in [3.63, 3.8) is 0 Å². The molecule has 5 aromatic rings. The van der Waals surface area contributed by atoms with Crippen LogP contribution in [0.2, 0.25) is 5.02 Å². The molecule has 0 aliphatic heterocycles. The van der Waals surface area contributed by atoms with Crippen molar-refractivity contribution in [2.45, 2.75) is 80.8 Å². The van der Waals surface area contributed by atoms with Crippen LogP contribution in [0.15, 0.2) is 42.5 Å². The van der Waals surface area contributed by atoms with Crippen molar-refractivity contribution in [1.82, 2.24) is 35.2 Å². The Morgan fingerprint density at radius 3 is 2.12 bits per heavy atom. The zero-order valence-electron chi connectivity index (χ0n) is 39.1. The highest BCUT2D eigenvalue weighted by atomic mass is 35.5. The molecule has 410 valence electrons. The number of sulfonamides is 1. The average Bonchev–Trinajstić information content (AvgIpc) is 3.76. The summed E-state index contributed by atoms with van der Waals surface area (Å²) in [6.07, 6.45) is -12.1. The predicted octanol–water partition coefficient (Wildman–Crippen LogP) is 6.40. The number of aromatic nitrogens is 5. The highest BCUT2D eigenvalue weighted by molar-refractivity contribution is 7.93. The Balaban J connectivity index is 1.49. The van der Waals surface area contributed by atoms with Gasteiger partial charge in [-0.15, -0.1) is 0 Å². The summed E-state index contributed by atoms with van der Waals surface area (Å²) in [5.41, 5.74) is -6.82. The van der Waals surface area contributed by atoms with Crippen molar-refractivity contribution in [3.05, 3.63) is 93.0 Å². The lowest BCUT2D eigenvalue weighted by Crippen LogP contribution is -2.51. The van der Waals surface area contributed by atoms with Crippen LogP contribution in [0, 0.1) is 29.4 Å². The van der Waals surface area contributed by atoms with Crippen LogP contribution in [0.1, 0.15) is 66.1 Å². The van der Waals surface area contributed by atoms with E-state index in [1.54, 1.807) is 5.32 Å². The number of carbonyl (C=O) groups is 3. The fourth-order valence-corrected chi connectivity index (χ4v) is 10.4. The van der Waals surface area contributed by atoms with Gasteiger partial charge in [-0.2, -0.15) is 49.6 Å². The van der Waals surface area contributed by atoms with Crippen LogP contribution in [0.25, 0.3) is 22.0 Å². The lowest BCUT2D eigenvalue weighted by atomic mass is 9.93. The minimum atomic E-state index is -5.30. The third-order valence-corrected chi connectivity index (χ3v) is 16.1. The van der Waals surface area contributed by atoms with E-state index in [9.17, 15) is 85.8 Å². The fraction of sp³-hybridized carbons (Fsp3) is 0.395. The number of fused-ring (bicyclic) bond motifs is 4. The van der Waals surface area contributed by atoms with Crippen molar-refractivity contribution in [1.29, 1.82) is 0 Å². The Morgan fingerprint density at radius 1 is 0.947 bits per heavy atom. The number of aliphatic carboxylic acids is 1. The van der Waals surface area contributed by atoms with Gasteiger partial charge in [-0.3, -0.25) is 18.7 Å². The molecule has 0 saturated heterocycles. The maximum Gasteiger partial charge on any atom is 0.435 e. The largest absolute Gasteiger partial charge is 0.480 e. The number of benzene rings is 2. The summed E-state index contributed by atoms with van der Waals surface area (Å²) in [6, 6.07) is -0.557. The molecule has 19 nitrogen and oxygen atoms in total. The smallest absolute Gasteiger partial charge is 0.435 e. The summed E-state index contributed by atoms with van der Waals surface area (Å²) in [5.74, 6) is -8.91. The summed E-state index contributed by atoms with van der Waals surface area (Å²) in [5, 5.41) is 19.1. The van der Waals surface area contributed by atoms with Gasteiger partial charge in [0, 0.05) is 34.9 Å². The normalized spacial score (nSPS) is 17.3. The molecule has 2 aromatic carbocycles. The predicted molar refractivity (Wildman–Crippen MR) is 247 cm³/mol. The van der Waals surface area contributed by atoms with Gasteiger partial charge in [0.2, 0.25) is 15.9 Å². The average molecular weight is 1160 g/mol. The number of rotatable bonds is 15. The highest BCUT2D eigenvalue weighted by Crippen LogP contribution is 2.68. The van der Waals surface area contributed by atoms with Crippen LogP contribution in [0.3, 0.4) is 0 Å². The molecule has 76 heavy (non-hydrogen) atoms.